The Hall–Kier alpha value is -0.870. The highest BCUT2D eigenvalue weighted by Gasteiger charge is 2.10. The van der Waals surface area contributed by atoms with Crippen molar-refractivity contribution in [3.8, 4) is 0 Å². The Balaban J connectivity index is 1.81. The maximum atomic E-state index is 5.85. The molecule has 0 aliphatic heterocycles. The highest BCUT2D eigenvalue weighted by molar-refractivity contribution is 7.09. The van der Waals surface area contributed by atoms with E-state index in [0.29, 0.717) is 11.7 Å². The zero-order valence-corrected chi connectivity index (χ0v) is 10.6. The highest BCUT2D eigenvalue weighted by Crippen LogP contribution is 2.17. The summed E-state index contributed by atoms with van der Waals surface area (Å²) < 4.78 is 5.10. The lowest BCUT2D eigenvalue weighted by atomic mass is 10.2. The van der Waals surface area contributed by atoms with Gasteiger partial charge in [-0.25, -0.2) is 0 Å². The maximum absolute atomic E-state index is 5.85. The van der Waals surface area contributed by atoms with Crippen LogP contribution in [-0.4, -0.2) is 10.1 Å². The second kappa shape index (κ2) is 5.46. The molecule has 5 heteroatoms. The molecule has 0 saturated carbocycles. The molecule has 2 heterocycles. The molecule has 0 radical (unpaired) electrons. The molecule has 1 unspecified atom stereocenters. The summed E-state index contributed by atoms with van der Waals surface area (Å²) in [5, 5.41) is 5.72. The van der Waals surface area contributed by atoms with Gasteiger partial charge in [0.2, 0.25) is 5.89 Å². The van der Waals surface area contributed by atoms with Gasteiger partial charge in [0.25, 0.3) is 0 Å². The van der Waals surface area contributed by atoms with Gasteiger partial charge in [-0.05, 0) is 31.2 Å². The number of hydrogen-bond donors (Lipinski definition) is 0. The Morgan fingerprint density at radius 2 is 2.38 bits per heavy atom. The number of alkyl halides is 1. The molecule has 0 spiro atoms. The van der Waals surface area contributed by atoms with Crippen molar-refractivity contribution in [2.75, 3.05) is 0 Å². The summed E-state index contributed by atoms with van der Waals surface area (Å²) in [6.07, 6.45) is 2.90. The van der Waals surface area contributed by atoms with Crippen LogP contribution in [0.4, 0.5) is 0 Å². The Bertz CT molecular complexity index is 425. The van der Waals surface area contributed by atoms with Crippen LogP contribution < -0.4 is 0 Å². The normalized spacial score (nSPS) is 12.9. The van der Waals surface area contributed by atoms with Gasteiger partial charge in [-0.15, -0.1) is 22.9 Å². The van der Waals surface area contributed by atoms with Gasteiger partial charge < -0.3 is 4.52 Å². The molecule has 2 aromatic heterocycles. The Morgan fingerprint density at radius 1 is 1.50 bits per heavy atom. The average molecular weight is 257 g/mol. The molecule has 0 aromatic carbocycles. The van der Waals surface area contributed by atoms with E-state index in [1.54, 1.807) is 11.3 Å². The van der Waals surface area contributed by atoms with Gasteiger partial charge in [-0.2, -0.15) is 4.98 Å². The van der Waals surface area contributed by atoms with E-state index >= 15 is 0 Å². The lowest BCUT2D eigenvalue weighted by molar-refractivity contribution is 0.370. The van der Waals surface area contributed by atoms with E-state index in [1.807, 2.05) is 6.92 Å². The summed E-state index contributed by atoms with van der Waals surface area (Å²) in [6, 6.07) is 4.21. The first-order valence-corrected chi connectivity index (χ1v) is 6.56. The first-order valence-electron chi connectivity index (χ1n) is 5.24. The molecule has 1 atom stereocenters. The minimum Gasteiger partial charge on any atom is -0.339 e. The van der Waals surface area contributed by atoms with Gasteiger partial charge in [-0.3, -0.25) is 0 Å². The van der Waals surface area contributed by atoms with Crippen molar-refractivity contribution in [1.82, 2.24) is 10.1 Å². The zero-order valence-electron chi connectivity index (χ0n) is 9.02. The number of hydrogen-bond acceptors (Lipinski definition) is 4. The molecule has 0 bridgehead atoms. The number of aromatic nitrogens is 2. The predicted molar refractivity (Wildman–Crippen MR) is 64.9 cm³/mol. The van der Waals surface area contributed by atoms with Crippen LogP contribution in [0.3, 0.4) is 0 Å². The van der Waals surface area contributed by atoms with Crippen LogP contribution >= 0.6 is 22.9 Å². The van der Waals surface area contributed by atoms with Crippen molar-refractivity contribution in [2.24, 2.45) is 0 Å². The van der Waals surface area contributed by atoms with Crippen LogP contribution in [0.1, 0.15) is 35.3 Å². The molecule has 0 aliphatic carbocycles. The number of rotatable bonds is 5. The summed E-state index contributed by atoms with van der Waals surface area (Å²) in [4.78, 5) is 5.62. The quantitative estimate of drug-likeness (QED) is 0.767. The van der Waals surface area contributed by atoms with Crippen molar-refractivity contribution in [1.29, 1.82) is 0 Å². The molecular formula is C11H13ClN2OS. The SMILES string of the molecule is CC(Cl)c1noc(CCCc2cccs2)n1. The summed E-state index contributed by atoms with van der Waals surface area (Å²) in [5.41, 5.74) is 0. The molecule has 0 saturated heterocycles. The Labute approximate surface area is 103 Å². The lowest BCUT2D eigenvalue weighted by Crippen LogP contribution is -1.90. The van der Waals surface area contributed by atoms with E-state index in [-0.39, 0.29) is 5.38 Å². The van der Waals surface area contributed by atoms with Crippen LogP contribution in [0, 0.1) is 0 Å². The van der Waals surface area contributed by atoms with Gasteiger partial charge >= 0.3 is 0 Å². The smallest absolute Gasteiger partial charge is 0.226 e. The largest absolute Gasteiger partial charge is 0.339 e. The summed E-state index contributed by atoms with van der Waals surface area (Å²) >= 11 is 7.63. The molecule has 16 heavy (non-hydrogen) atoms. The second-order valence-electron chi connectivity index (χ2n) is 3.60. The van der Waals surface area contributed by atoms with Gasteiger partial charge in [0, 0.05) is 11.3 Å². The standard InChI is InChI=1S/C11H13ClN2OS/c1-8(12)11-13-10(15-14-11)6-2-4-9-5-3-7-16-9/h3,5,7-8H,2,4,6H2,1H3. The first-order chi connectivity index (χ1) is 7.75. The fourth-order valence-electron chi connectivity index (χ4n) is 1.40. The summed E-state index contributed by atoms with van der Waals surface area (Å²) in [6.45, 7) is 1.84. The van der Waals surface area contributed by atoms with Gasteiger partial charge in [0.1, 0.15) is 0 Å². The van der Waals surface area contributed by atoms with E-state index in [2.05, 4.69) is 27.7 Å². The maximum Gasteiger partial charge on any atom is 0.226 e. The average Bonchev–Trinajstić information content (AvgIpc) is 2.87. The molecule has 2 aromatic rings. The van der Waals surface area contributed by atoms with Gasteiger partial charge in [0.15, 0.2) is 5.82 Å². The molecule has 86 valence electrons. The third kappa shape index (κ3) is 3.06. The molecule has 0 aliphatic rings. The van der Waals surface area contributed by atoms with Crippen molar-refractivity contribution in [3.05, 3.63) is 34.1 Å². The number of aryl methyl sites for hydroxylation is 2. The summed E-state index contributed by atoms with van der Waals surface area (Å²) in [5.74, 6) is 1.26. The molecule has 0 N–H and O–H groups in total. The molecule has 0 amide bonds. The highest BCUT2D eigenvalue weighted by atomic mass is 35.5. The van der Waals surface area contributed by atoms with E-state index in [0.717, 1.165) is 19.3 Å². The van der Waals surface area contributed by atoms with Crippen LogP contribution in [0.25, 0.3) is 0 Å². The topological polar surface area (TPSA) is 38.9 Å². The predicted octanol–water partition coefficient (Wildman–Crippen LogP) is 3.61. The fraction of sp³-hybridized carbons (Fsp3) is 0.455. The van der Waals surface area contributed by atoms with E-state index in [9.17, 15) is 0 Å². The van der Waals surface area contributed by atoms with Crippen molar-refractivity contribution < 1.29 is 4.52 Å². The van der Waals surface area contributed by atoms with Gasteiger partial charge in [-0.1, -0.05) is 11.2 Å². The molecule has 2 rings (SSSR count). The van der Waals surface area contributed by atoms with E-state index in [1.165, 1.54) is 4.88 Å². The van der Waals surface area contributed by atoms with Crippen molar-refractivity contribution in [2.45, 2.75) is 31.6 Å². The van der Waals surface area contributed by atoms with Gasteiger partial charge in [0.05, 0.1) is 5.38 Å². The van der Waals surface area contributed by atoms with Crippen LogP contribution in [0.15, 0.2) is 22.0 Å². The number of thiophene rings is 1. The van der Waals surface area contributed by atoms with Crippen molar-refractivity contribution >= 4 is 22.9 Å². The molecule has 3 nitrogen and oxygen atoms in total. The Morgan fingerprint density at radius 3 is 3.00 bits per heavy atom. The third-order valence-electron chi connectivity index (χ3n) is 2.23. The second-order valence-corrected chi connectivity index (χ2v) is 5.28. The Kier molecular flexibility index (Phi) is 3.96. The minimum atomic E-state index is -0.185. The number of halogens is 1. The van der Waals surface area contributed by atoms with E-state index in [4.69, 9.17) is 16.1 Å². The van der Waals surface area contributed by atoms with Crippen LogP contribution in [0.2, 0.25) is 0 Å². The summed E-state index contributed by atoms with van der Waals surface area (Å²) in [7, 11) is 0. The third-order valence-corrected chi connectivity index (χ3v) is 3.36. The lowest BCUT2D eigenvalue weighted by Gasteiger charge is -1.94. The fourth-order valence-corrected chi connectivity index (χ4v) is 2.24. The van der Waals surface area contributed by atoms with Crippen molar-refractivity contribution in [3.63, 3.8) is 0 Å². The zero-order chi connectivity index (χ0) is 11.4. The number of nitrogens with zero attached hydrogens (tertiary/aromatic N) is 2. The van der Waals surface area contributed by atoms with E-state index < -0.39 is 0 Å². The van der Waals surface area contributed by atoms with Crippen LogP contribution in [-0.2, 0) is 12.8 Å². The monoisotopic (exact) mass is 256 g/mol. The molecule has 0 fully saturated rings. The van der Waals surface area contributed by atoms with Crippen LogP contribution in [0.5, 0.6) is 0 Å². The minimum absolute atomic E-state index is 0.185. The first kappa shape index (κ1) is 11.6. The molecular weight excluding hydrogens is 244 g/mol.